The summed E-state index contributed by atoms with van der Waals surface area (Å²) in [5.74, 6) is -0.453. The van der Waals surface area contributed by atoms with E-state index in [4.69, 9.17) is 0 Å². The molecule has 0 aromatic heterocycles. The van der Waals surface area contributed by atoms with Crippen LogP contribution in [0.25, 0.3) is 0 Å². The summed E-state index contributed by atoms with van der Waals surface area (Å²) in [5.41, 5.74) is -0.569. The first-order chi connectivity index (χ1) is 12.8. The van der Waals surface area contributed by atoms with Crippen LogP contribution in [0.2, 0.25) is 0 Å². The number of hydrogen-bond acceptors (Lipinski definition) is 3. The van der Waals surface area contributed by atoms with Crippen molar-refractivity contribution in [2.75, 3.05) is 26.2 Å². The summed E-state index contributed by atoms with van der Waals surface area (Å²) in [5, 5.41) is 9.38. The molecule has 27 heavy (non-hydrogen) atoms. The van der Waals surface area contributed by atoms with Crippen molar-refractivity contribution in [1.82, 2.24) is 9.80 Å². The Balaban J connectivity index is 1.57. The average molecular weight is 384 g/mol. The maximum absolute atomic E-state index is 12.7. The van der Waals surface area contributed by atoms with Crippen LogP contribution in [0.5, 0.6) is 0 Å². The van der Waals surface area contributed by atoms with E-state index in [1.807, 2.05) is 0 Å². The number of aliphatic hydroxyl groups is 1. The molecule has 2 saturated heterocycles. The van der Waals surface area contributed by atoms with E-state index in [9.17, 15) is 27.9 Å². The minimum absolute atomic E-state index is 0.0308. The molecule has 0 aliphatic carbocycles. The zero-order chi connectivity index (χ0) is 19.6. The Kier molecular flexibility index (Phi) is 5.74. The Hall–Kier alpha value is -2.09. The van der Waals surface area contributed by atoms with Crippen molar-refractivity contribution < 1.29 is 27.9 Å². The minimum atomic E-state index is -4.43. The lowest BCUT2D eigenvalue weighted by molar-refractivity contribution is -0.138. The third kappa shape index (κ3) is 4.26. The summed E-state index contributed by atoms with van der Waals surface area (Å²) in [6, 6.07) is 4.10. The van der Waals surface area contributed by atoms with Crippen molar-refractivity contribution in [2.45, 2.75) is 37.9 Å². The number of carbonyl (C=O) groups is 2. The Morgan fingerprint density at radius 2 is 1.67 bits per heavy atom. The molecule has 0 radical (unpaired) electrons. The average Bonchev–Trinajstić information content (AvgIpc) is 3.15. The van der Waals surface area contributed by atoms with E-state index in [1.165, 1.54) is 12.1 Å². The number of piperidine rings is 1. The Bertz CT molecular complexity index is 682. The van der Waals surface area contributed by atoms with Crippen LogP contribution >= 0.6 is 0 Å². The molecule has 5 nitrogen and oxygen atoms in total. The predicted octanol–water partition coefficient (Wildman–Crippen LogP) is 2.54. The predicted molar refractivity (Wildman–Crippen MR) is 91.9 cm³/mol. The van der Waals surface area contributed by atoms with Gasteiger partial charge in [0.05, 0.1) is 18.2 Å². The molecule has 0 spiro atoms. The van der Waals surface area contributed by atoms with Crippen LogP contribution < -0.4 is 0 Å². The fourth-order valence-corrected chi connectivity index (χ4v) is 3.86. The second-order valence-corrected chi connectivity index (χ2v) is 7.15. The highest BCUT2D eigenvalue weighted by molar-refractivity contribution is 5.94. The van der Waals surface area contributed by atoms with Gasteiger partial charge in [0.1, 0.15) is 0 Å². The normalized spacial score (nSPS) is 21.6. The van der Waals surface area contributed by atoms with Crippen molar-refractivity contribution in [1.29, 1.82) is 0 Å². The van der Waals surface area contributed by atoms with Crippen molar-refractivity contribution >= 4 is 11.8 Å². The van der Waals surface area contributed by atoms with Crippen LogP contribution in [0.15, 0.2) is 24.3 Å². The molecule has 2 aliphatic heterocycles. The lowest BCUT2D eigenvalue weighted by Crippen LogP contribution is -2.46. The SMILES string of the molecule is O=C(c1ccc(C(F)(F)F)cc1)N1CCC(C(=O)N2CCC[C@@H]2CO)CC1. The van der Waals surface area contributed by atoms with Gasteiger partial charge in [-0.15, -0.1) is 0 Å². The van der Waals surface area contributed by atoms with Gasteiger partial charge in [0.25, 0.3) is 5.91 Å². The number of hydrogen-bond donors (Lipinski definition) is 1. The van der Waals surface area contributed by atoms with Gasteiger partial charge in [0.2, 0.25) is 5.91 Å². The molecule has 1 atom stereocenters. The minimum Gasteiger partial charge on any atom is -0.394 e. The third-order valence-electron chi connectivity index (χ3n) is 5.46. The fraction of sp³-hybridized carbons (Fsp3) is 0.579. The van der Waals surface area contributed by atoms with Gasteiger partial charge in [-0.1, -0.05) is 0 Å². The highest BCUT2D eigenvalue weighted by Gasteiger charge is 2.35. The second kappa shape index (κ2) is 7.88. The molecule has 2 heterocycles. The molecule has 1 aromatic rings. The first-order valence-electron chi connectivity index (χ1n) is 9.19. The number of likely N-dealkylation sites (tertiary alicyclic amines) is 2. The molecule has 0 bridgehead atoms. The number of carbonyl (C=O) groups excluding carboxylic acids is 2. The van der Waals surface area contributed by atoms with Gasteiger partial charge in [-0.25, -0.2) is 0 Å². The van der Waals surface area contributed by atoms with E-state index in [-0.39, 0.29) is 35.9 Å². The van der Waals surface area contributed by atoms with Crippen LogP contribution in [0.1, 0.15) is 41.6 Å². The van der Waals surface area contributed by atoms with Gasteiger partial charge in [-0.3, -0.25) is 9.59 Å². The van der Waals surface area contributed by atoms with Gasteiger partial charge in [-0.05, 0) is 49.9 Å². The van der Waals surface area contributed by atoms with Crippen LogP contribution in [0.3, 0.4) is 0 Å². The fourth-order valence-electron chi connectivity index (χ4n) is 3.86. The molecule has 2 fully saturated rings. The summed E-state index contributed by atoms with van der Waals surface area (Å²) >= 11 is 0. The number of nitrogens with zero attached hydrogens (tertiary/aromatic N) is 2. The van der Waals surface area contributed by atoms with Crippen LogP contribution in [0, 0.1) is 5.92 Å². The molecular formula is C19H23F3N2O3. The van der Waals surface area contributed by atoms with Gasteiger partial charge < -0.3 is 14.9 Å². The van der Waals surface area contributed by atoms with Crippen LogP contribution in [-0.4, -0.2) is 59.0 Å². The molecule has 0 unspecified atom stereocenters. The highest BCUT2D eigenvalue weighted by atomic mass is 19.4. The quantitative estimate of drug-likeness (QED) is 0.871. The Morgan fingerprint density at radius 3 is 2.22 bits per heavy atom. The molecule has 1 N–H and O–H groups in total. The van der Waals surface area contributed by atoms with Crippen molar-refractivity contribution in [3.05, 3.63) is 35.4 Å². The summed E-state index contributed by atoms with van der Waals surface area (Å²) in [4.78, 5) is 28.5. The molecule has 148 valence electrons. The maximum atomic E-state index is 12.7. The Labute approximate surface area is 155 Å². The summed E-state index contributed by atoms with van der Waals surface area (Å²) < 4.78 is 37.9. The molecule has 0 saturated carbocycles. The molecule has 1 aromatic carbocycles. The second-order valence-electron chi connectivity index (χ2n) is 7.15. The van der Waals surface area contributed by atoms with Crippen molar-refractivity contribution in [3.8, 4) is 0 Å². The number of aliphatic hydroxyl groups excluding tert-OH is 1. The number of halogens is 3. The summed E-state index contributed by atoms with van der Waals surface area (Å²) in [6.45, 7) is 1.42. The van der Waals surface area contributed by atoms with Gasteiger partial charge >= 0.3 is 6.18 Å². The maximum Gasteiger partial charge on any atom is 0.416 e. The van der Waals surface area contributed by atoms with E-state index < -0.39 is 11.7 Å². The van der Waals surface area contributed by atoms with Gasteiger partial charge in [0, 0.05) is 31.1 Å². The molecule has 2 amide bonds. The van der Waals surface area contributed by atoms with Crippen LogP contribution in [-0.2, 0) is 11.0 Å². The number of amides is 2. The number of alkyl halides is 3. The van der Waals surface area contributed by atoms with E-state index in [0.29, 0.717) is 32.5 Å². The zero-order valence-electron chi connectivity index (χ0n) is 14.9. The monoisotopic (exact) mass is 384 g/mol. The number of benzene rings is 1. The smallest absolute Gasteiger partial charge is 0.394 e. The summed E-state index contributed by atoms with van der Waals surface area (Å²) in [7, 11) is 0. The molecule has 3 rings (SSSR count). The third-order valence-corrected chi connectivity index (χ3v) is 5.46. The molecule has 2 aliphatic rings. The standard InChI is InChI=1S/C19H23F3N2O3/c20-19(21,22)15-5-3-13(4-6-15)17(26)23-10-7-14(8-11-23)18(27)24-9-1-2-16(24)12-25/h3-6,14,16,25H,1-2,7-12H2/t16-/m1/s1. The zero-order valence-corrected chi connectivity index (χ0v) is 14.9. The largest absolute Gasteiger partial charge is 0.416 e. The van der Waals surface area contributed by atoms with E-state index in [0.717, 1.165) is 25.0 Å². The van der Waals surface area contributed by atoms with E-state index >= 15 is 0 Å². The van der Waals surface area contributed by atoms with Crippen molar-refractivity contribution in [2.24, 2.45) is 5.92 Å². The molecular weight excluding hydrogens is 361 g/mol. The topological polar surface area (TPSA) is 60.9 Å². The van der Waals surface area contributed by atoms with E-state index in [2.05, 4.69) is 0 Å². The number of rotatable bonds is 3. The first kappa shape index (κ1) is 19.7. The Morgan fingerprint density at radius 1 is 1.04 bits per heavy atom. The lowest BCUT2D eigenvalue weighted by Gasteiger charge is -2.34. The lowest BCUT2D eigenvalue weighted by atomic mass is 9.94. The highest BCUT2D eigenvalue weighted by Crippen LogP contribution is 2.30. The summed E-state index contributed by atoms with van der Waals surface area (Å²) in [6.07, 6.45) is -1.67. The van der Waals surface area contributed by atoms with E-state index in [1.54, 1.807) is 9.80 Å². The molecule has 8 heteroatoms. The van der Waals surface area contributed by atoms with Gasteiger partial charge in [-0.2, -0.15) is 13.2 Å². The van der Waals surface area contributed by atoms with Gasteiger partial charge in [0.15, 0.2) is 0 Å². The van der Waals surface area contributed by atoms with Crippen molar-refractivity contribution in [3.63, 3.8) is 0 Å². The first-order valence-corrected chi connectivity index (χ1v) is 9.19. The van der Waals surface area contributed by atoms with Crippen LogP contribution in [0.4, 0.5) is 13.2 Å².